The number of esters is 1. The quantitative estimate of drug-likeness (QED) is 0.673. The molecule has 0 aromatic heterocycles. The Balaban J connectivity index is 1.49. The molecule has 2 bridgehead atoms. The van der Waals surface area contributed by atoms with Gasteiger partial charge in [0.25, 0.3) is 0 Å². The van der Waals surface area contributed by atoms with Gasteiger partial charge < -0.3 is 14.5 Å². The van der Waals surface area contributed by atoms with E-state index in [1.165, 1.54) is 39.8 Å². The minimum absolute atomic E-state index is 0.0257. The topological polar surface area (TPSA) is 32.8 Å². The molecule has 4 rings (SSSR count). The summed E-state index contributed by atoms with van der Waals surface area (Å²) < 4.78 is 4.88. The molecule has 4 fully saturated rings. The first kappa shape index (κ1) is 11.5. The summed E-state index contributed by atoms with van der Waals surface area (Å²) in [7, 11) is 3.69. The third-order valence-corrected chi connectivity index (χ3v) is 4.91. The van der Waals surface area contributed by atoms with E-state index in [9.17, 15) is 4.79 Å². The number of nitrogens with zero attached hydrogens (tertiary/aromatic N) is 2. The fraction of sp³-hybridized carbons (Fsp3) is 0.923. The van der Waals surface area contributed by atoms with Gasteiger partial charge in [-0.15, -0.1) is 0 Å². The Morgan fingerprint density at radius 1 is 1.18 bits per heavy atom. The number of methoxy groups -OCH3 is 1. The van der Waals surface area contributed by atoms with E-state index in [0.717, 1.165) is 19.3 Å². The molecule has 0 amide bonds. The van der Waals surface area contributed by atoms with Crippen molar-refractivity contribution in [2.24, 2.45) is 10.8 Å². The van der Waals surface area contributed by atoms with E-state index in [0.29, 0.717) is 5.41 Å². The lowest BCUT2D eigenvalue weighted by molar-refractivity contribution is -0.231. The molecule has 96 valence electrons. The molecule has 4 heteroatoms. The van der Waals surface area contributed by atoms with Gasteiger partial charge in [-0.3, -0.25) is 4.79 Å². The molecule has 1 saturated heterocycles. The van der Waals surface area contributed by atoms with Crippen LogP contribution in [0.1, 0.15) is 19.3 Å². The van der Waals surface area contributed by atoms with Gasteiger partial charge in [0.2, 0.25) is 0 Å². The summed E-state index contributed by atoms with van der Waals surface area (Å²) in [5, 5.41) is 0. The molecule has 17 heavy (non-hydrogen) atoms. The van der Waals surface area contributed by atoms with Crippen LogP contribution in [0.5, 0.6) is 0 Å². The zero-order valence-electron chi connectivity index (χ0n) is 10.9. The Morgan fingerprint density at radius 2 is 1.76 bits per heavy atom. The first-order chi connectivity index (χ1) is 8.07. The maximum atomic E-state index is 11.6. The van der Waals surface area contributed by atoms with Crippen LogP contribution in [0.15, 0.2) is 0 Å². The summed E-state index contributed by atoms with van der Waals surface area (Å²) in [6, 6.07) is 0. The number of carbonyl (C=O) groups excluding carboxylic acids is 1. The van der Waals surface area contributed by atoms with E-state index >= 15 is 0 Å². The highest BCUT2D eigenvalue weighted by Crippen LogP contribution is 2.73. The molecule has 3 saturated carbocycles. The Morgan fingerprint density at radius 3 is 2.29 bits per heavy atom. The summed E-state index contributed by atoms with van der Waals surface area (Å²) in [5.74, 6) is 0.0257. The summed E-state index contributed by atoms with van der Waals surface area (Å²) in [6.07, 6.45) is 3.21. The highest BCUT2D eigenvalue weighted by atomic mass is 16.5. The predicted molar refractivity (Wildman–Crippen MR) is 64.7 cm³/mol. The van der Waals surface area contributed by atoms with Crippen LogP contribution in [0.25, 0.3) is 0 Å². The molecule has 1 aliphatic heterocycles. The van der Waals surface area contributed by atoms with Crippen LogP contribution in [0.3, 0.4) is 0 Å². The first-order valence-corrected chi connectivity index (χ1v) is 6.57. The molecular weight excluding hydrogens is 216 g/mol. The van der Waals surface area contributed by atoms with Crippen molar-refractivity contribution in [2.45, 2.75) is 19.3 Å². The van der Waals surface area contributed by atoms with Crippen molar-refractivity contribution in [2.75, 3.05) is 46.9 Å². The third-order valence-electron chi connectivity index (χ3n) is 4.91. The smallest absolute Gasteiger partial charge is 0.311 e. The van der Waals surface area contributed by atoms with Crippen LogP contribution < -0.4 is 0 Å². The molecule has 0 unspecified atom stereocenters. The lowest BCUT2D eigenvalue weighted by Crippen LogP contribution is -2.69. The van der Waals surface area contributed by atoms with Crippen molar-refractivity contribution in [3.05, 3.63) is 0 Å². The number of ether oxygens (including phenoxy) is 1. The average molecular weight is 238 g/mol. The zero-order chi connectivity index (χ0) is 12.1. The van der Waals surface area contributed by atoms with Crippen molar-refractivity contribution >= 4 is 5.97 Å². The van der Waals surface area contributed by atoms with Crippen LogP contribution in [-0.2, 0) is 9.53 Å². The molecule has 0 N–H and O–H groups in total. The second-order valence-electron chi connectivity index (χ2n) is 6.38. The zero-order valence-corrected chi connectivity index (χ0v) is 10.9. The van der Waals surface area contributed by atoms with Crippen molar-refractivity contribution in [3.63, 3.8) is 0 Å². The molecule has 0 aromatic rings. The first-order valence-electron chi connectivity index (χ1n) is 6.57. The van der Waals surface area contributed by atoms with E-state index in [2.05, 4.69) is 16.8 Å². The van der Waals surface area contributed by atoms with E-state index in [4.69, 9.17) is 4.74 Å². The number of likely N-dealkylation sites (N-methyl/N-ethyl adjacent to an activating group) is 1. The van der Waals surface area contributed by atoms with Crippen molar-refractivity contribution in [1.29, 1.82) is 0 Å². The van der Waals surface area contributed by atoms with Crippen LogP contribution in [0.4, 0.5) is 0 Å². The number of piperazine rings is 1. The molecular formula is C13H22N2O2. The summed E-state index contributed by atoms with van der Waals surface area (Å²) in [4.78, 5) is 16.5. The van der Waals surface area contributed by atoms with E-state index < -0.39 is 0 Å². The molecule has 0 aromatic carbocycles. The molecule has 4 aliphatic rings. The fourth-order valence-corrected chi connectivity index (χ4v) is 4.08. The van der Waals surface area contributed by atoms with Gasteiger partial charge in [0.05, 0.1) is 12.5 Å². The Labute approximate surface area is 103 Å². The van der Waals surface area contributed by atoms with Gasteiger partial charge in [-0.1, -0.05) is 0 Å². The van der Waals surface area contributed by atoms with Crippen LogP contribution >= 0.6 is 0 Å². The van der Waals surface area contributed by atoms with E-state index in [1.807, 2.05) is 0 Å². The Kier molecular flexibility index (Phi) is 2.49. The van der Waals surface area contributed by atoms with Crippen molar-refractivity contribution in [3.8, 4) is 0 Å². The summed E-state index contributed by atoms with van der Waals surface area (Å²) >= 11 is 0. The summed E-state index contributed by atoms with van der Waals surface area (Å²) in [5.41, 5.74) is 0.394. The summed E-state index contributed by atoms with van der Waals surface area (Å²) in [6.45, 7) is 5.92. The third kappa shape index (κ3) is 1.69. The van der Waals surface area contributed by atoms with Crippen molar-refractivity contribution < 1.29 is 9.53 Å². The van der Waals surface area contributed by atoms with Gasteiger partial charge in [-0.2, -0.15) is 0 Å². The lowest BCUT2D eigenvalue weighted by atomic mass is 9.35. The standard InChI is InChI=1S/C13H22N2O2/c1-14-3-5-15(6-4-14)10-12-7-13(8-12,9-12)11(16)17-2/h3-10H2,1-2H3. The Hall–Kier alpha value is -0.610. The minimum Gasteiger partial charge on any atom is -0.469 e. The predicted octanol–water partition coefficient (Wildman–Crippen LogP) is 0.577. The minimum atomic E-state index is -0.0681. The molecule has 1 heterocycles. The lowest BCUT2D eigenvalue weighted by Gasteiger charge is -2.69. The Bertz CT molecular complexity index is 315. The maximum Gasteiger partial charge on any atom is 0.311 e. The van der Waals surface area contributed by atoms with Gasteiger partial charge >= 0.3 is 5.97 Å². The highest BCUT2D eigenvalue weighted by Gasteiger charge is 2.72. The van der Waals surface area contributed by atoms with Crippen molar-refractivity contribution in [1.82, 2.24) is 9.80 Å². The number of hydrogen-bond acceptors (Lipinski definition) is 4. The number of hydrogen-bond donors (Lipinski definition) is 0. The normalized spacial score (nSPS) is 41.5. The largest absolute Gasteiger partial charge is 0.469 e. The second-order valence-corrected chi connectivity index (χ2v) is 6.38. The van der Waals surface area contributed by atoms with Crippen LogP contribution in [0.2, 0.25) is 0 Å². The molecule has 0 spiro atoms. The second kappa shape index (κ2) is 3.69. The van der Waals surface area contributed by atoms with Gasteiger partial charge in [-0.05, 0) is 31.7 Å². The number of carbonyl (C=O) groups is 1. The molecule has 0 radical (unpaired) electrons. The fourth-order valence-electron chi connectivity index (χ4n) is 4.08. The molecule has 4 nitrogen and oxygen atoms in total. The van der Waals surface area contributed by atoms with E-state index in [-0.39, 0.29) is 11.4 Å². The number of rotatable bonds is 3. The van der Waals surface area contributed by atoms with Gasteiger partial charge in [0, 0.05) is 32.7 Å². The molecule has 0 atom stereocenters. The van der Waals surface area contributed by atoms with Gasteiger partial charge in [-0.25, -0.2) is 0 Å². The van der Waals surface area contributed by atoms with E-state index in [1.54, 1.807) is 0 Å². The van der Waals surface area contributed by atoms with Gasteiger partial charge in [0.1, 0.15) is 0 Å². The monoisotopic (exact) mass is 238 g/mol. The highest BCUT2D eigenvalue weighted by molar-refractivity contribution is 5.81. The molecule has 3 aliphatic carbocycles. The van der Waals surface area contributed by atoms with Crippen LogP contribution in [0, 0.1) is 10.8 Å². The average Bonchev–Trinajstić information content (AvgIpc) is 2.23. The maximum absolute atomic E-state index is 11.6. The van der Waals surface area contributed by atoms with Gasteiger partial charge in [0.15, 0.2) is 0 Å². The SMILES string of the molecule is COC(=O)C12CC(CN3CCN(C)CC3)(C1)C2. The van der Waals surface area contributed by atoms with Crippen LogP contribution in [-0.4, -0.2) is 62.7 Å².